The van der Waals surface area contributed by atoms with Crippen LogP contribution in [0.5, 0.6) is 0 Å². The Hall–Kier alpha value is -1.06. The predicted octanol–water partition coefficient (Wildman–Crippen LogP) is 1.71. The normalized spacial score (nSPS) is 23.8. The van der Waals surface area contributed by atoms with Crippen molar-refractivity contribution < 1.29 is 9.90 Å². The number of hydrogen-bond donors (Lipinski definition) is 2. The van der Waals surface area contributed by atoms with Crippen LogP contribution < -0.4 is 5.32 Å². The maximum absolute atomic E-state index is 10.7. The molecule has 0 radical (unpaired) electrons. The fourth-order valence-corrected chi connectivity index (χ4v) is 2.10. The maximum atomic E-state index is 10.7. The number of benzene rings is 1. The zero-order valence-electron chi connectivity index (χ0n) is 8.93. The van der Waals surface area contributed by atoms with Crippen LogP contribution in [0, 0.1) is 5.92 Å². The average Bonchev–Trinajstić information content (AvgIpc) is 2.68. The van der Waals surface area contributed by atoms with E-state index in [2.05, 4.69) is 17.4 Å². The van der Waals surface area contributed by atoms with Gasteiger partial charge < -0.3 is 10.4 Å². The third-order valence-electron chi connectivity index (χ3n) is 2.89. The molecule has 16 heavy (non-hydrogen) atoms. The molecule has 1 saturated heterocycles. The summed E-state index contributed by atoms with van der Waals surface area (Å²) in [6.45, 7) is 0.811. The third kappa shape index (κ3) is 3.22. The summed E-state index contributed by atoms with van der Waals surface area (Å²) in [5, 5.41) is 11.9. The molecule has 1 fully saturated rings. The summed E-state index contributed by atoms with van der Waals surface area (Å²) in [4.78, 5) is 10.7. The second kappa shape index (κ2) is 5.87. The Balaban J connectivity index is 0.00000128. The first-order chi connectivity index (χ1) is 7.25. The van der Waals surface area contributed by atoms with Crippen LogP contribution in [-0.4, -0.2) is 23.7 Å². The number of rotatable bonds is 3. The van der Waals surface area contributed by atoms with Crippen LogP contribution in [0.1, 0.15) is 12.0 Å². The molecule has 4 heteroatoms. The fraction of sp³-hybridized carbons (Fsp3) is 0.417. The van der Waals surface area contributed by atoms with Crippen molar-refractivity contribution in [1.29, 1.82) is 0 Å². The van der Waals surface area contributed by atoms with Gasteiger partial charge in [0.05, 0.1) is 0 Å². The summed E-state index contributed by atoms with van der Waals surface area (Å²) in [6, 6.07) is 9.87. The highest BCUT2D eigenvalue weighted by molar-refractivity contribution is 5.85. The smallest absolute Gasteiger partial charge is 0.320 e. The molecule has 0 amide bonds. The molecule has 2 N–H and O–H groups in total. The summed E-state index contributed by atoms with van der Waals surface area (Å²) in [5.74, 6) is -0.279. The molecule has 0 spiro atoms. The minimum Gasteiger partial charge on any atom is -0.480 e. The van der Waals surface area contributed by atoms with E-state index in [4.69, 9.17) is 5.11 Å². The van der Waals surface area contributed by atoms with E-state index in [9.17, 15) is 4.79 Å². The van der Waals surface area contributed by atoms with Crippen LogP contribution in [-0.2, 0) is 11.2 Å². The molecule has 0 aliphatic carbocycles. The topological polar surface area (TPSA) is 49.3 Å². The lowest BCUT2D eigenvalue weighted by Crippen LogP contribution is -2.29. The van der Waals surface area contributed by atoms with E-state index in [0.29, 0.717) is 5.92 Å². The second-order valence-electron chi connectivity index (χ2n) is 4.09. The van der Waals surface area contributed by atoms with Gasteiger partial charge in [-0.3, -0.25) is 4.79 Å². The van der Waals surface area contributed by atoms with Crippen LogP contribution >= 0.6 is 12.4 Å². The molecule has 1 aromatic carbocycles. The quantitative estimate of drug-likeness (QED) is 0.847. The highest BCUT2D eigenvalue weighted by atomic mass is 35.5. The Kier molecular flexibility index (Phi) is 4.77. The van der Waals surface area contributed by atoms with E-state index < -0.39 is 5.97 Å². The standard InChI is InChI=1S/C12H15NO2.ClH/c14-12(15)11-7-10(8-13-11)6-9-4-2-1-3-5-9;/h1-5,10-11,13H,6-8H2,(H,14,15);1H/t10?,11-;/m0./s1. The highest BCUT2D eigenvalue weighted by Crippen LogP contribution is 2.19. The third-order valence-corrected chi connectivity index (χ3v) is 2.89. The molecule has 1 heterocycles. The van der Waals surface area contributed by atoms with Crippen molar-refractivity contribution in [2.75, 3.05) is 6.54 Å². The van der Waals surface area contributed by atoms with Gasteiger partial charge in [0.25, 0.3) is 0 Å². The van der Waals surface area contributed by atoms with Gasteiger partial charge in [0, 0.05) is 0 Å². The largest absolute Gasteiger partial charge is 0.480 e. The van der Waals surface area contributed by atoms with Gasteiger partial charge in [-0.2, -0.15) is 0 Å². The van der Waals surface area contributed by atoms with Gasteiger partial charge in [0.1, 0.15) is 6.04 Å². The Morgan fingerprint density at radius 3 is 2.62 bits per heavy atom. The van der Waals surface area contributed by atoms with E-state index in [1.54, 1.807) is 0 Å². The minimum absolute atomic E-state index is 0. The minimum atomic E-state index is -0.731. The number of nitrogens with one attached hydrogen (secondary N) is 1. The lowest BCUT2D eigenvalue weighted by Gasteiger charge is -2.07. The van der Waals surface area contributed by atoms with Gasteiger partial charge in [-0.05, 0) is 30.9 Å². The Bertz CT molecular complexity index is 342. The van der Waals surface area contributed by atoms with Crippen LogP contribution in [0.25, 0.3) is 0 Å². The molecule has 1 aliphatic heterocycles. The molecule has 1 aliphatic rings. The van der Waals surface area contributed by atoms with Crippen molar-refractivity contribution in [1.82, 2.24) is 5.32 Å². The monoisotopic (exact) mass is 241 g/mol. The molecule has 2 atom stereocenters. The van der Waals surface area contributed by atoms with Gasteiger partial charge in [-0.25, -0.2) is 0 Å². The van der Waals surface area contributed by atoms with E-state index in [1.165, 1.54) is 5.56 Å². The zero-order valence-corrected chi connectivity index (χ0v) is 9.74. The molecule has 88 valence electrons. The lowest BCUT2D eigenvalue weighted by atomic mass is 9.97. The number of aliphatic carboxylic acids is 1. The van der Waals surface area contributed by atoms with Gasteiger partial charge in [-0.15, -0.1) is 12.4 Å². The van der Waals surface area contributed by atoms with E-state index >= 15 is 0 Å². The van der Waals surface area contributed by atoms with Crippen molar-refractivity contribution in [3.63, 3.8) is 0 Å². The predicted molar refractivity (Wildman–Crippen MR) is 64.9 cm³/mol. The molecule has 1 aromatic rings. The van der Waals surface area contributed by atoms with Gasteiger partial charge >= 0.3 is 5.97 Å². The fourth-order valence-electron chi connectivity index (χ4n) is 2.10. The summed E-state index contributed by atoms with van der Waals surface area (Å²) < 4.78 is 0. The first-order valence-electron chi connectivity index (χ1n) is 5.26. The van der Waals surface area contributed by atoms with E-state index in [1.807, 2.05) is 18.2 Å². The molecule has 0 saturated carbocycles. The Morgan fingerprint density at radius 1 is 1.38 bits per heavy atom. The summed E-state index contributed by atoms with van der Waals surface area (Å²) in [5.41, 5.74) is 1.29. The van der Waals surface area contributed by atoms with Crippen LogP contribution in [0.2, 0.25) is 0 Å². The van der Waals surface area contributed by atoms with Crippen LogP contribution in [0.3, 0.4) is 0 Å². The number of carbonyl (C=O) groups is 1. The Labute approximate surface area is 101 Å². The van der Waals surface area contributed by atoms with Gasteiger partial charge in [0.15, 0.2) is 0 Å². The number of carboxylic acid groups (broad SMARTS) is 1. The maximum Gasteiger partial charge on any atom is 0.320 e. The van der Waals surface area contributed by atoms with Crippen LogP contribution in [0.15, 0.2) is 30.3 Å². The van der Waals surface area contributed by atoms with Gasteiger partial charge in [-0.1, -0.05) is 30.3 Å². The average molecular weight is 242 g/mol. The van der Waals surface area contributed by atoms with Crippen molar-refractivity contribution in [2.24, 2.45) is 5.92 Å². The summed E-state index contributed by atoms with van der Waals surface area (Å²) >= 11 is 0. The highest BCUT2D eigenvalue weighted by Gasteiger charge is 2.28. The number of carboxylic acids is 1. The molecule has 3 nitrogen and oxygen atoms in total. The Morgan fingerprint density at radius 2 is 2.06 bits per heavy atom. The summed E-state index contributed by atoms with van der Waals surface area (Å²) in [6.07, 6.45) is 1.71. The zero-order chi connectivity index (χ0) is 10.7. The summed E-state index contributed by atoms with van der Waals surface area (Å²) in [7, 11) is 0. The molecule has 1 unspecified atom stereocenters. The van der Waals surface area contributed by atoms with Crippen molar-refractivity contribution in [3.8, 4) is 0 Å². The first kappa shape index (κ1) is 13.0. The van der Waals surface area contributed by atoms with Gasteiger partial charge in [0.2, 0.25) is 0 Å². The van der Waals surface area contributed by atoms with E-state index in [-0.39, 0.29) is 18.4 Å². The van der Waals surface area contributed by atoms with Crippen molar-refractivity contribution >= 4 is 18.4 Å². The molecule has 0 bridgehead atoms. The second-order valence-corrected chi connectivity index (χ2v) is 4.09. The first-order valence-corrected chi connectivity index (χ1v) is 5.26. The number of halogens is 1. The molecular formula is C12H16ClNO2. The molecule has 0 aromatic heterocycles. The number of hydrogen-bond acceptors (Lipinski definition) is 2. The van der Waals surface area contributed by atoms with Crippen molar-refractivity contribution in [2.45, 2.75) is 18.9 Å². The van der Waals surface area contributed by atoms with E-state index in [0.717, 1.165) is 19.4 Å². The van der Waals surface area contributed by atoms with Crippen LogP contribution in [0.4, 0.5) is 0 Å². The SMILES string of the molecule is Cl.O=C(O)[C@@H]1CC(Cc2ccccc2)CN1. The van der Waals surface area contributed by atoms with Crippen molar-refractivity contribution in [3.05, 3.63) is 35.9 Å². The lowest BCUT2D eigenvalue weighted by molar-refractivity contribution is -0.139. The molecule has 2 rings (SSSR count). The molecular weight excluding hydrogens is 226 g/mol.